The molecular weight excluding hydrogens is 322 g/mol. The minimum Gasteiger partial charge on any atom is -0.396 e. The second kappa shape index (κ2) is 21.4. The summed E-state index contributed by atoms with van der Waals surface area (Å²) in [7, 11) is 0. The van der Waals surface area contributed by atoms with Gasteiger partial charge in [0.15, 0.2) is 0 Å². The molecular formula is C23H39NO2. The number of aliphatic hydroxyl groups is 1. The van der Waals surface area contributed by atoms with E-state index in [1.807, 2.05) is 0 Å². The predicted octanol–water partition coefficient (Wildman–Crippen LogP) is 5.63. The molecule has 0 radical (unpaired) electrons. The van der Waals surface area contributed by atoms with Gasteiger partial charge in [0.1, 0.15) is 0 Å². The van der Waals surface area contributed by atoms with Gasteiger partial charge in [0.25, 0.3) is 0 Å². The fourth-order valence-electron chi connectivity index (χ4n) is 2.37. The van der Waals surface area contributed by atoms with E-state index in [1.54, 1.807) is 0 Å². The van der Waals surface area contributed by atoms with Crippen LogP contribution < -0.4 is 5.32 Å². The van der Waals surface area contributed by atoms with E-state index < -0.39 is 0 Å². The van der Waals surface area contributed by atoms with Crippen molar-refractivity contribution in [1.82, 2.24) is 5.32 Å². The molecule has 0 bridgehead atoms. The number of hydrogen-bond acceptors (Lipinski definition) is 2. The quantitative estimate of drug-likeness (QED) is 0.260. The normalized spacial score (nSPS) is 12.2. The molecule has 148 valence electrons. The van der Waals surface area contributed by atoms with Crippen molar-refractivity contribution < 1.29 is 9.90 Å². The van der Waals surface area contributed by atoms with Crippen molar-refractivity contribution in [3.05, 3.63) is 48.6 Å². The topological polar surface area (TPSA) is 49.3 Å². The zero-order valence-corrected chi connectivity index (χ0v) is 16.7. The maximum Gasteiger partial charge on any atom is 0.222 e. The van der Waals surface area contributed by atoms with Crippen LogP contribution in [0.4, 0.5) is 0 Å². The molecule has 2 N–H and O–H groups in total. The van der Waals surface area contributed by atoms with Crippen molar-refractivity contribution in [2.24, 2.45) is 0 Å². The van der Waals surface area contributed by atoms with Gasteiger partial charge in [-0.05, 0) is 51.4 Å². The second-order valence-electron chi connectivity index (χ2n) is 6.41. The number of aliphatic hydroxyl groups excluding tert-OH is 1. The fourth-order valence-corrected chi connectivity index (χ4v) is 2.37. The fraction of sp³-hybridized carbons (Fsp3) is 0.609. The van der Waals surface area contributed by atoms with E-state index in [-0.39, 0.29) is 18.9 Å². The summed E-state index contributed by atoms with van der Waals surface area (Å²) >= 11 is 0. The highest BCUT2D eigenvalue weighted by atomic mass is 16.3. The van der Waals surface area contributed by atoms with Crippen molar-refractivity contribution in [1.29, 1.82) is 0 Å². The summed E-state index contributed by atoms with van der Waals surface area (Å²) in [5.41, 5.74) is 0. The molecule has 0 saturated carbocycles. The van der Waals surface area contributed by atoms with Crippen molar-refractivity contribution in [3.8, 4) is 0 Å². The van der Waals surface area contributed by atoms with Crippen molar-refractivity contribution in [2.45, 2.75) is 77.6 Å². The average Bonchev–Trinajstić information content (AvgIpc) is 2.64. The largest absolute Gasteiger partial charge is 0.396 e. The zero-order chi connectivity index (χ0) is 19.1. The molecule has 0 heterocycles. The lowest BCUT2D eigenvalue weighted by Gasteiger charge is -2.02. The molecule has 0 saturated heterocycles. The highest BCUT2D eigenvalue weighted by Gasteiger charge is 1.97. The molecule has 3 nitrogen and oxygen atoms in total. The molecule has 0 atom stereocenters. The Morgan fingerprint density at radius 2 is 1.27 bits per heavy atom. The number of nitrogens with one attached hydrogen (secondary N) is 1. The van der Waals surface area contributed by atoms with Crippen LogP contribution in [0.15, 0.2) is 48.6 Å². The van der Waals surface area contributed by atoms with Crippen LogP contribution in [0.25, 0.3) is 0 Å². The standard InChI is InChI=1S/C23H39NO2/c1-2-3-4-5-6-7-8-9-10-11-12-13-14-15-16-17-18-19-21-24-23(26)20-22-25/h6-7,9-10,12-13,15-16,25H,2-5,8,11,14,17-22H2,1H3,(H,24,26). The van der Waals surface area contributed by atoms with Crippen molar-refractivity contribution >= 4 is 5.91 Å². The van der Waals surface area contributed by atoms with Gasteiger partial charge < -0.3 is 10.4 Å². The Labute approximate surface area is 161 Å². The summed E-state index contributed by atoms with van der Waals surface area (Å²) in [6, 6.07) is 0. The van der Waals surface area contributed by atoms with E-state index in [4.69, 9.17) is 5.11 Å². The third-order valence-corrected chi connectivity index (χ3v) is 3.92. The predicted molar refractivity (Wildman–Crippen MR) is 113 cm³/mol. The number of rotatable bonds is 17. The Balaban J connectivity index is 3.40. The first-order valence-electron chi connectivity index (χ1n) is 10.3. The molecule has 1 amide bonds. The van der Waals surface area contributed by atoms with Crippen LogP contribution in [-0.2, 0) is 4.79 Å². The lowest BCUT2D eigenvalue weighted by Crippen LogP contribution is -2.24. The zero-order valence-electron chi connectivity index (χ0n) is 16.7. The second-order valence-corrected chi connectivity index (χ2v) is 6.41. The Bertz CT molecular complexity index is 422. The first kappa shape index (κ1) is 24.4. The third kappa shape index (κ3) is 20.4. The van der Waals surface area contributed by atoms with Gasteiger partial charge in [0.05, 0.1) is 6.61 Å². The molecule has 0 aromatic rings. The van der Waals surface area contributed by atoms with E-state index >= 15 is 0 Å². The number of hydrogen-bond donors (Lipinski definition) is 2. The summed E-state index contributed by atoms with van der Waals surface area (Å²) < 4.78 is 0. The van der Waals surface area contributed by atoms with Crippen LogP contribution in [0.1, 0.15) is 77.6 Å². The molecule has 0 unspecified atom stereocenters. The smallest absolute Gasteiger partial charge is 0.222 e. The summed E-state index contributed by atoms with van der Waals surface area (Å²) in [4.78, 5) is 11.1. The number of amides is 1. The molecule has 0 aliphatic heterocycles. The highest BCUT2D eigenvalue weighted by molar-refractivity contribution is 5.75. The van der Waals surface area contributed by atoms with Crippen LogP contribution in [0.2, 0.25) is 0 Å². The van der Waals surface area contributed by atoms with Gasteiger partial charge in [-0.15, -0.1) is 0 Å². The summed E-state index contributed by atoms with van der Waals surface area (Å²) in [5.74, 6) is -0.0646. The summed E-state index contributed by atoms with van der Waals surface area (Å²) in [5, 5.41) is 11.4. The number of carbonyl (C=O) groups excluding carboxylic acids is 1. The van der Waals surface area contributed by atoms with Gasteiger partial charge in [-0.25, -0.2) is 0 Å². The van der Waals surface area contributed by atoms with Gasteiger partial charge in [-0.1, -0.05) is 68.4 Å². The molecule has 3 heteroatoms. The molecule has 26 heavy (non-hydrogen) atoms. The van der Waals surface area contributed by atoms with Crippen molar-refractivity contribution in [3.63, 3.8) is 0 Å². The molecule has 0 rings (SSSR count). The third-order valence-electron chi connectivity index (χ3n) is 3.92. The molecule has 0 aromatic carbocycles. The maximum absolute atomic E-state index is 11.1. The van der Waals surface area contributed by atoms with Crippen LogP contribution in [-0.4, -0.2) is 24.2 Å². The first-order valence-corrected chi connectivity index (χ1v) is 10.3. The van der Waals surface area contributed by atoms with Gasteiger partial charge in [0, 0.05) is 13.0 Å². The Kier molecular flexibility index (Phi) is 20.1. The van der Waals surface area contributed by atoms with Gasteiger partial charge in [-0.3, -0.25) is 4.79 Å². The van der Waals surface area contributed by atoms with Crippen LogP contribution in [0.5, 0.6) is 0 Å². The highest BCUT2D eigenvalue weighted by Crippen LogP contribution is 2.01. The minimum atomic E-state index is -0.0753. The Morgan fingerprint density at radius 1 is 0.769 bits per heavy atom. The molecule has 0 aromatic heterocycles. The summed E-state index contributed by atoms with van der Waals surface area (Å²) in [6.07, 6.45) is 29.3. The van der Waals surface area contributed by atoms with E-state index in [2.05, 4.69) is 60.8 Å². The van der Waals surface area contributed by atoms with Gasteiger partial charge >= 0.3 is 0 Å². The van der Waals surface area contributed by atoms with E-state index in [0.29, 0.717) is 6.54 Å². The van der Waals surface area contributed by atoms with Gasteiger partial charge in [0.2, 0.25) is 5.91 Å². The monoisotopic (exact) mass is 361 g/mol. The van der Waals surface area contributed by atoms with E-state index in [0.717, 1.165) is 38.5 Å². The maximum atomic E-state index is 11.1. The van der Waals surface area contributed by atoms with E-state index in [1.165, 1.54) is 25.7 Å². The van der Waals surface area contributed by atoms with Crippen LogP contribution in [0, 0.1) is 0 Å². The Hall–Kier alpha value is -1.61. The summed E-state index contributed by atoms with van der Waals surface area (Å²) in [6.45, 7) is 2.86. The number of unbranched alkanes of at least 4 members (excludes halogenated alkanes) is 5. The Morgan fingerprint density at radius 3 is 1.77 bits per heavy atom. The lowest BCUT2D eigenvalue weighted by molar-refractivity contribution is -0.121. The number of carbonyl (C=O) groups is 1. The first-order chi connectivity index (χ1) is 12.8. The van der Waals surface area contributed by atoms with E-state index in [9.17, 15) is 4.79 Å². The SMILES string of the molecule is CCCCCC=CCC=CCC=CCC=CCCCCNC(=O)CCO. The average molecular weight is 362 g/mol. The number of allylic oxidation sites excluding steroid dienone is 8. The molecule has 0 spiro atoms. The van der Waals surface area contributed by atoms with Gasteiger partial charge in [-0.2, -0.15) is 0 Å². The molecule has 0 aliphatic carbocycles. The molecule has 0 fully saturated rings. The minimum absolute atomic E-state index is 0.0646. The lowest BCUT2D eigenvalue weighted by atomic mass is 10.2. The van der Waals surface area contributed by atoms with Crippen LogP contribution >= 0.6 is 0 Å². The van der Waals surface area contributed by atoms with Crippen LogP contribution in [0.3, 0.4) is 0 Å². The van der Waals surface area contributed by atoms with Crippen molar-refractivity contribution in [2.75, 3.05) is 13.2 Å². The molecule has 0 aliphatic rings.